The van der Waals surface area contributed by atoms with Gasteiger partial charge in [0.1, 0.15) is 5.82 Å². The van der Waals surface area contributed by atoms with Crippen molar-refractivity contribution in [2.45, 2.75) is 6.42 Å². The molecule has 0 aliphatic rings. The summed E-state index contributed by atoms with van der Waals surface area (Å²) in [5.74, 6) is 4.97. The van der Waals surface area contributed by atoms with Gasteiger partial charge in [0.2, 0.25) is 0 Å². The van der Waals surface area contributed by atoms with Crippen LogP contribution in [0.25, 0.3) is 0 Å². The van der Waals surface area contributed by atoms with Gasteiger partial charge in [-0.3, -0.25) is 4.79 Å². The van der Waals surface area contributed by atoms with Crippen molar-refractivity contribution in [2.75, 3.05) is 5.33 Å². The highest BCUT2D eigenvalue weighted by atomic mass is 79.9. The molecule has 0 fully saturated rings. The second kappa shape index (κ2) is 5.56. The summed E-state index contributed by atoms with van der Waals surface area (Å²) in [6.45, 7) is 0. The van der Waals surface area contributed by atoms with Crippen LogP contribution in [0.1, 0.15) is 22.3 Å². The van der Waals surface area contributed by atoms with Crippen molar-refractivity contribution < 1.29 is 9.18 Å². The van der Waals surface area contributed by atoms with Crippen molar-refractivity contribution in [2.24, 2.45) is 0 Å². The van der Waals surface area contributed by atoms with Gasteiger partial charge in [0.15, 0.2) is 6.29 Å². The summed E-state index contributed by atoms with van der Waals surface area (Å²) in [6, 6.07) is 4.34. The van der Waals surface area contributed by atoms with E-state index >= 15 is 0 Å². The summed E-state index contributed by atoms with van der Waals surface area (Å²) < 4.78 is 13.2. The Morgan fingerprint density at radius 3 is 2.93 bits per heavy atom. The van der Waals surface area contributed by atoms with Gasteiger partial charge >= 0.3 is 0 Å². The van der Waals surface area contributed by atoms with Gasteiger partial charge in [0, 0.05) is 17.3 Å². The third-order valence-electron chi connectivity index (χ3n) is 1.61. The second-order valence-corrected chi connectivity index (χ2v) is 3.36. The molecule has 0 aliphatic carbocycles. The first kappa shape index (κ1) is 10.9. The highest BCUT2D eigenvalue weighted by molar-refractivity contribution is 9.09. The average molecular weight is 255 g/mol. The Kier molecular flexibility index (Phi) is 4.34. The first-order valence-electron chi connectivity index (χ1n) is 4.08. The van der Waals surface area contributed by atoms with Crippen molar-refractivity contribution in [3.05, 3.63) is 35.1 Å². The monoisotopic (exact) mass is 254 g/mol. The first-order chi connectivity index (χ1) is 6.79. The van der Waals surface area contributed by atoms with Crippen molar-refractivity contribution >= 4 is 22.2 Å². The zero-order valence-corrected chi connectivity index (χ0v) is 8.97. The van der Waals surface area contributed by atoms with Crippen LogP contribution in [-0.4, -0.2) is 11.6 Å². The van der Waals surface area contributed by atoms with Crippen molar-refractivity contribution in [3.8, 4) is 11.8 Å². The minimum absolute atomic E-state index is 0.184. The number of benzene rings is 1. The molecular formula is C11H8BrFO. The van der Waals surface area contributed by atoms with Crippen LogP contribution in [0.3, 0.4) is 0 Å². The molecule has 0 unspecified atom stereocenters. The minimum atomic E-state index is -0.448. The van der Waals surface area contributed by atoms with Crippen molar-refractivity contribution in [3.63, 3.8) is 0 Å². The molecule has 0 amide bonds. The Bertz CT molecular complexity index is 390. The molecule has 1 nitrogen and oxygen atoms in total. The summed E-state index contributed by atoms with van der Waals surface area (Å²) >= 11 is 3.21. The number of hydrogen-bond donors (Lipinski definition) is 0. The summed E-state index contributed by atoms with van der Waals surface area (Å²) in [5.41, 5.74) is 0.482. The second-order valence-electron chi connectivity index (χ2n) is 2.56. The van der Waals surface area contributed by atoms with Crippen LogP contribution in [0.5, 0.6) is 0 Å². The number of carbonyl (C=O) groups is 1. The number of hydrogen-bond acceptors (Lipinski definition) is 1. The third-order valence-corrected chi connectivity index (χ3v) is 2.00. The maximum absolute atomic E-state index is 13.2. The molecule has 0 saturated carbocycles. The molecule has 0 aliphatic heterocycles. The zero-order chi connectivity index (χ0) is 10.4. The number of alkyl halides is 1. The zero-order valence-electron chi connectivity index (χ0n) is 7.39. The molecule has 0 N–H and O–H groups in total. The number of aldehydes is 1. The molecule has 72 valence electrons. The van der Waals surface area contributed by atoms with E-state index in [0.717, 1.165) is 5.33 Å². The van der Waals surface area contributed by atoms with Crippen LogP contribution in [-0.2, 0) is 0 Å². The van der Waals surface area contributed by atoms with Crippen LogP contribution in [0.4, 0.5) is 4.39 Å². The lowest BCUT2D eigenvalue weighted by Gasteiger charge is -1.96. The predicted octanol–water partition coefficient (Wildman–Crippen LogP) is 2.77. The molecule has 1 aromatic carbocycles. The maximum atomic E-state index is 13.2. The Morgan fingerprint density at radius 1 is 1.50 bits per heavy atom. The largest absolute Gasteiger partial charge is 0.298 e. The van der Waals surface area contributed by atoms with E-state index in [1.807, 2.05) is 0 Å². The normalized spacial score (nSPS) is 9.00. The molecule has 0 spiro atoms. The van der Waals surface area contributed by atoms with Gasteiger partial charge in [-0.2, -0.15) is 0 Å². The molecule has 0 bridgehead atoms. The van der Waals surface area contributed by atoms with E-state index in [2.05, 4.69) is 27.8 Å². The third kappa shape index (κ3) is 2.68. The molecule has 1 rings (SSSR count). The first-order valence-corrected chi connectivity index (χ1v) is 5.20. The van der Waals surface area contributed by atoms with Crippen LogP contribution >= 0.6 is 15.9 Å². The van der Waals surface area contributed by atoms with E-state index in [1.54, 1.807) is 6.07 Å². The van der Waals surface area contributed by atoms with Crippen molar-refractivity contribution in [1.29, 1.82) is 0 Å². The Morgan fingerprint density at radius 2 is 2.29 bits per heavy atom. The van der Waals surface area contributed by atoms with Gasteiger partial charge in [-0.15, -0.1) is 0 Å². The lowest BCUT2D eigenvalue weighted by molar-refractivity contribution is 0.112. The fraction of sp³-hybridized carbons (Fsp3) is 0.182. The Balaban J connectivity index is 3.06. The van der Waals surface area contributed by atoms with E-state index < -0.39 is 5.82 Å². The molecule has 0 atom stereocenters. The average Bonchev–Trinajstić information content (AvgIpc) is 2.20. The lowest BCUT2D eigenvalue weighted by atomic mass is 10.1. The Labute approximate surface area is 90.4 Å². The molecule has 0 aromatic heterocycles. The fourth-order valence-electron chi connectivity index (χ4n) is 0.969. The van der Waals surface area contributed by atoms with E-state index in [-0.39, 0.29) is 5.56 Å². The van der Waals surface area contributed by atoms with Crippen LogP contribution in [0.2, 0.25) is 0 Å². The van der Waals surface area contributed by atoms with E-state index in [9.17, 15) is 9.18 Å². The molecule has 0 heterocycles. The van der Waals surface area contributed by atoms with Gasteiger partial charge in [0.05, 0.1) is 5.56 Å². The maximum Gasteiger partial charge on any atom is 0.151 e. The smallest absolute Gasteiger partial charge is 0.151 e. The van der Waals surface area contributed by atoms with Crippen molar-refractivity contribution in [1.82, 2.24) is 0 Å². The quantitative estimate of drug-likeness (QED) is 0.451. The van der Waals surface area contributed by atoms with E-state index in [4.69, 9.17) is 0 Å². The Hall–Kier alpha value is -1.14. The van der Waals surface area contributed by atoms with Gasteiger partial charge in [0.25, 0.3) is 0 Å². The molecule has 1 aromatic rings. The molecular weight excluding hydrogens is 247 g/mol. The van der Waals surface area contributed by atoms with E-state index in [1.165, 1.54) is 12.1 Å². The van der Waals surface area contributed by atoms with Crippen LogP contribution in [0, 0.1) is 17.7 Å². The van der Waals surface area contributed by atoms with Gasteiger partial charge in [-0.25, -0.2) is 4.39 Å². The predicted molar refractivity (Wildman–Crippen MR) is 57.1 cm³/mol. The number of carbonyl (C=O) groups excluding carboxylic acids is 1. The van der Waals surface area contributed by atoms with Gasteiger partial charge < -0.3 is 0 Å². The summed E-state index contributed by atoms with van der Waals surface area (Å²) in [7, 11) is 0. The molecule has 14 heavy (non-hydrogen) atoms. The summed E-state index contributed by atoms with van der Waals surface area (Å²) in [4.78, 5) is 10.6. The SMILES string of the molecule is O=Cc1cccc(F)c1C#CCCBr. The standard InChI is InChI=1S/C11H8BrFO/c12-7-2-1-5-10-9(8-14)4-3-6-11(10)13/h3-4,6,8H,2,7H2. The lowest BCUT2D eigenvalue weighted by Crippen LogP contribution is -1.91. The van der Waals surface area contributed by atoms with E-state index in [0.29, 0.717) is 18.3 Å². The molecule has 0 saturated heterocycles. The minimum Gasteiger partial charge on any atom is -0.298 e. The topological polar surface area (TPSA) is 17.1 Å². The molecule has 3 heteroatoms. The van der Waals surface area contributed by atoms with Crippen LogP contribution < -0.4 is 0 Å². The summed E-state index contributed by atoms with van der Waals surface area (Å²) in [5, 5.41) is 0.741. The van der Waals surface area contributed by atoms with Gasteiger partial charge in [-0.1, -0.05) is 39.9 Å². The van der Waals surface area contributed by atoms with Crippen LogP contribution in [0.15, 0.2) is 18.2 Å². The number of rotatable bonds is 2. The molecule has 0 radical (unpaired) electrons. The highest BCUT2D eigenvalue weighted by Crippen LogP contribution is 2.10. The highest BCUT2D eigenvalue weighted by Gasteiger charge is 2.03. The number of halogens is 2. The van der Waals surface area contributed by atoms with Gasteiger partial charge in [-0.05, 0) is 6.07 Å². The fourth-order valence-corrected chi connectivity index (χ4v) is 1.17. The summed E-state index contributed by atoms with van der Waals surface area (Å²) in [6.07, 6.45) is 1.24.